The van der Waals surface area contributed by atoms with Crippen LogP contribution in [0.2, 0.25) is 10.2 Å². The van der Waals surface area contributed by atoms with Crippen molar-refractivity contribution in [1.29, 1.82) is 0 Å². The van der Waals surface area contributed by atoms with E-state index in [0.717, 1.165) is 31.6 Å². The third kappa shape index (κ3) is 2.92. The Bertz CT molecular complexity index is 922. The highest BCUT2D eigenvalue weighted by Crippen LogP contribution is 2.44. The number of hydrogen-bond donors (Lipinski definition) is 0. The average Bonchev–Trinajstić information content (AvgIpc) is 2.62. The van der Waals surface area contributed by atoms with Gasteiger partial charge in [0.05, 0.1) is 10.7 Å². The number of anilines is 1. The Labute approximate surface area is 154 Å². The number of aromatic nitrogens is 3. The molecule has 0 aliphatic carbocycles. The van der Waals surface area contributed by atoms with E-state index in [1.54, 1.807) is 24.5 Å². The lowest BCUT2D eigenvalue weighted by atomic mass is 10.0. The van der Waals surface area contributed by atoms with Crippen LogP contribution >= 0.6 is 23.2 Å². The van der Waals surface area contributed by atoms with Crippen LogP contribution in [0.5, 0.6) is 0 Å². The maximum Gasteiger partial charge on any atom is 0.181 e. The molecule has 1 aliphatic heterocycles. The predicted molar refractivity (Wildman–Crippen MR) is 98.8 cm³/mol. The van der Waals surface area contributed by atoms with Gasteiger partial charge in [-0.05, 0) is 31.4 Å². The van der Waals surface area contributed by atoms with Gasteiger partial charge in [0, 0.05) is 36.6 Å². The second-order valence-electron chi connectivity index (χ2n) is 6.00. The molecule has 0 amide bonds. The number of piperidine rings is 1. The highest BCUT2D eigenvalue weighted by Gasteiger charge is 2.26. The molecule has 1 aromatic carbocycles. The molecule has 4 nitrogen and oxygen atoms in total. The zero-order chi connectivity index (χ0) is 17.4. The zero-order valence-electron chi connectivity index (χ0n) is 13.3. The van der Waals surface area contributed by atoms with Crippen molar-refractivity contribution in [3.05, 3.63) is 46.6 Å². The van der Waals surface area contributed by atoms with Crippen molar-refractivity contribution in [2.45, 2.75) is 19.3 Å². The number of fused-ring (bicyclic) bond motifs is 1. The second kappa shape index (κ2) is 6.73. The molecule has 0 spiro atoms. The fraction of sp³-hybridized carbons (Fsp3) is 0.278. The van der Waals surface area contributed by atoms with E-state index in [0.29, 0.717) is 21.7 Å². The Morgan fingerprint density at radius 3 is 2.48 bits per heavy atom. The van der Waals surface area contributed by atoms with E-state index < -0.39 is 5.82 Å². The van der Waals surface area contributed by atoms with Gasteiger partial charge < -0.3 is 4.90 Å². The largest absolute Gasteiger partial charge is 0.369 e. The molecule has 0 atom stereocenters. The summed E-state index contributed by atoms with van der Waals surface area (Å²) in [5.74, 6) is -0.433. The quantitative estimate of drug-likeness (QED) is 0.581. The summed E-state index contributed by atoms with van der Waals surface area (Å²) in [4.78, 5) is 15.2. The van der Waals surface area contributed by atoms with Gasteiger partial charge >= 0.3 is 0 Å². The monoisotopic (exact) mass is 376 g/mol. The summed E-state index contributed by atoms with van der Waals surface area (Å²) in [6, 6.07) is 4.60. The molecule has 4 rings (SSSR count). The van der Waals surface area contributed by atoms with Gasteiger partial charge in [0.15, 0.2) is 5.65 Å². The lowest BCUT2D eigenvalue weighted by Gasteiger charge is -2.31. The van der Waals surface area contributed by atoms with E-state index in [4.69, 9.17) is 23.2 Å². The maximum absolute atomic E-state index is 14.6. The van der Waals surface area contributed by atoms with Crippen LogP contribution in [0.3, 0.4) is 0 Å². The molecule has 25 heavy (non-hydrogen) atoms. The molecule has 0 N–H and O–H groups in total. The molecule has 0 bridgehead atoms. The van der Waals surface area contributed by atoms with Gasteiger partial charge in [-0.3, -0.25) is 0 Å². The van der Waals surface area contributed by atoms with Crippen molar-refractivity contribution < 1.29 is 4.39 Å². The van der Waals surface area contributed by atoms with Crippen LogP contribution < -0.4 is 4.90 Å². The Morgan fingerprint density at radius 1 is 0.960 bits per heavy atom. The zero-order valence-corrected chi connectivity index (χ0v) is 14.9. The van der Waals surface area contributed by atoms with E-state index >= 15 is 0 Å². The fourth-order valence-corrected chi connectivity index (χ4v) is 3.85. The van der Waals surface area contributed by atoms with Crippen LogP contribution in [0.4, 0.5) is 10.1 Å². The Hall–Kier alpha value is -1.98. The lowest BCUT2D eigenvalue weighted by molar-refractivity contribution is 0.578. The third-order valence-electron chi connectivity index (χ3n) is 4.44. The second-order valence-corrected chi connectivity index (χ2v) is 6.76. The first-order chi connectivity index (χ1) is 12.2. The smallest absolute Gasteiger partial charge is 0.181 e. The Morgan fingerprint density at radius 2 is 1.72 bits per heavy atom. The standard InChI is InChI=1S/C18H15Cl2FN4/c19-11-5-4-6-12(21)13(11)14-16(25-9-2-1-3-10-25)15-18(24-17(14)20)23-8-7-22-15/h4-8H,1-3,9-10H2. The van der Waals surface area contributed by atoms with Gasteiger partial charge in [-0.1, -0.05) is 29.3 Å². The molecule has 3 heterocycles. The van der Waals surface area contributed by atoms with Crippen molar-refractivity contribution in [1.82, 2.24) is 15.0 Å². The molecule has 0 radical (unpaired) electrons. The van der Waals surface area contributed by atoms with Crippen LogP contribution in [0.15, 0.2) is 30.6 Å². The van der Waals surface area contributed by atoms with Gasteiger partial charge in [0.1, 0.15) is 16.5 Å². The summed E-state index contributed by atoms with van der Waals surface area (Å²) in [5, 5.41) is 0.478. The van der Waals surface area contributed by atoms with Gasteiger partial charge in [-0.2, -0.15) is 0 Å². The molecule has 1 aliphatic rings. The fourth-order valence-electron chi connectivity index (χ4n) is 3.33. The summed E-state index contributed by atoms with van der Waals surface area (Å²) in [5.41, 5.74) is 2.57. The van der Waals surface area contributed by atoms with Crippen molar-refractivity contribution >= 4 is 40.1 Å². The summed E-state index contributed by atoms with van der Waals surface area (Å²) in [6.07, 6.45) is 6.48. The van der Waals surface area contributed by atoms with Crippen molar-refractivity contribution in [2.75, 3.05) is 18.0 Å². The van der Waals surface area contributed by atoms with Crippen LogP contribution in [-0.4, -0.2) is 28.0 Å². The van der Waals surface area contributed by atoms with E-state index in [1.807, 2.05) is 0 Å². The molecular weight excluding hydrogens is 362 g/mol. The van der Waals surface area contributed by atoms with Crippen LogP contribution in [0.1, 0.15) is 19.3 Å². The molecule has 1 fully saturated rings. The highest BCUT2D eigenvalue weighted by molar-refractivity contribution is 6.37. The number of rotatable bonds is 2. The van der Waals surface area contributed by atoms with E-state index in [-0.39, 0.29) is 10.7 Å². The molecular formula is C18H15Cl2FN4. The minimum atomic E-state index is -0.433. The topological polar surface area (TPSA) is 41.9 Å². The molecule has 0 saturated carbocycles. The average molecular weight is 377 g/mol. The normalized spacial score (nSPS) is 14.9. The predicted octanol–water partition coefficient (Wildman–Crippen LogP) is 5.13. The number of pyridine rings is 1. The van der Waals surface area contributed by atoms with Gasteiger partial charge in [0.2, 0.25) is 0 Å². The SMILES string of the molecule is Fc1cccc(Cl)c1-c1c(Cl)nc2nccnc2c1N1CCCCC1. The molecule has 128 valence electrons. The summed E-state index contributed by atoms with van der Waals surface area (Å²) < 4.78 is 14.6. The molecule has 7 heteroatoms. The summed E-state index contributed by atoms with van der Waals surface area (Å²) in [6.45, 7) is 1.70. The first kappa shape index (κ1) is 16.5. The molecule has 0 unspecified atom stereocenters. The van der Waals surface area contributed by atoms with Gasteiger partial charge in [-0.15, -0.1) is 0 Å². The summed E-state index contributed by atoms with van der Waals surface area (Å²) >= 11 is 12.8. The van der Waals surface area contributed by atoms with Gasteiger partial charge in [0.25, 0.3) is 0 Å². The van der Waals surface area contributed by atoms with Crippen molar-refractivity contribution in [3.63, 3.8) is 0 Å². The van der Waals surface area contributed by atoms with Crippen LogP contribution in [0, 0.1) is 5.82 Å². The van der Waals surface area contributed by atoms with E-state index in [9.17, 15) is 4.39 Å². The number of nitrogens with zero attached hydrogens (tertiary/aromatic N) is 4. The van der Waals surface area contributed by atoms with E-state index in [1.165, 1.54) is 12.5 Å². The minimum absolute atomic E-state index is 0.181. The number of hydrogen-bond acceptors (Lipinski definition) is 4. The molecule has 2 aromatic heterocycles. The molecule has 1 saturated heterocycles. The van der Waals surface area contributed by atoms with Crippen LogP contribution in [0.25, 0.3) is 22.3 Å². The Kier molecular flexibility index (Phi) is 4.44. The third-order valence-corrected chi connectivity index (χ3v) is 5.02. The number of halogens is 3. The van der Waals surface area contributed by atoms with E-state index in [2.05, 4.69) is 19.9 Å². The van der Waals surface area contributed by atoms with Crippen molar-refractivity contribution in [3.8, 4) is 11.1 Å². The first-order valence-electron chi connectivity index (χ1n) is 8.16. The lowest BCUT2D eigenvalue weighted by Crippen LogP contribution is -2.30. The minimum Gasteiger partial charge on any atom is -0.369 e. The maximum atomic E-state index is 14.6. The van der Waals surface area contributed by atoms with Gasteiger partial charge in [-0.25, -0.2) is 19.3 Å². The first-order valence-corrected chi connectivity index (χ1v) is 8.92. The van der Waals surface area contributed by atoms with Crippen molar-refractivity contribution in [2.24, 2.45) is 0 Å². The molecule has 3 aromatic rings. The van der Waals surface area contributed by atoms with Crippen LogP contribution in [-0.2, 0) is 0 Å². The highest BCUT2D eigenvalue weighted by atomic mass is 35.5. The number of benzene rings is 1. The Balaban J connectivity index is 2.07. The summed E-state index contributed by atoms with van der Waals surface area (Å²) in [7, 11) is 0.